The van der Waals surface area contributed by atoms with Gasteiger partial charge in [0.25, 0.3) is 0 Å². The van der Waals surface area contributed by atoms with Crippen molar-refractivity contribution >= 4 is 5.91 Å². The highest BCUT2D eigenvalue weighted by Gasteiger charge is 2.47. The molecule has 2 aliphatic rings. The van der Waals surface area contributed by atoms with Crippen LogP contribution in [0.15, 0.2) is 36.1 Å². The van der Waals surface area contributed by atoms with Crippen LogP contribution >= 0.6 is 0 Å². The molecular weight excluding hydrogens is 212 g/mol. The first-order chi connectivity index (χ1) is 8.04. The topological polar surface area (TPSA) is 55.1 Å². The molecule has 92 valence electrons. The average molecular weight is 232 g/mol. The van der Waals surface area contributed by atoms with Gasteiger partial charge in [0, 0.05) is 11.7 Å². The highest BCUT2D eigenvalue weighted by molar-refractivity contribution is 5.79. The molecule has 3 N–H and O–H groups in total. The Morgan fingerprint density at radius 2 is 2.12 bits per heavy atom. The van der Waals surface area contributed by atoms with Crippen molar-refractivity contribution in [2.75, 3.05) is 0 Å². The lowest BCUT2D eigenvalue weighted by molar-refractivity contribution is -0.123. The highest BCUT2D eigenvalue weighted by Crippen LogP contribution is 2.44. The van der Waals surface area contributed by atoms with Crippen molar-refractivity contribution < 1.29 is 4.79 Å². The minimum Gasteiger partial charge on any atom is -0.381 e. The number of allylic oxidation sites excluding steroid dienone is 3. The van der Waals surface area contributed by atoms with Crippen LogP contribution in [0.2, 0.25) is 0 Å². The molecule has 0 aromatic carbocycles. The standard InChI is InChI=1S/C14H20N2O/c1-4-8(2)9(3)16-13-11-6-5-10(7-11)12(13)14(15)17/h4-6,10-13,16H,3,7H2,1-2H3,(H2,15,17)/b8-4-/t10-,11+,12-,13-/m1/s1. The number of amides is 1. The summed E-state index contributed by atoms with van der Waals surface area (Å²) < 4.78 is 0. The monoisotopic (exact) mass is 232 g/mol. The van der Waals surface area contributed by atoms with E-state index in [2.05, 4.69) is 24.0 Å². The quantitative estimate of drug-likeness (QED) is 0.573. The normalized spacial score (nSPS) is 35.1. The zero-order valence-electron chi connectivity index (χ0n) is 10.4. The van der Waals surface area contributed by atoms with Crippen LogP contribution in [0.5, 0.6) is 0 Å². The Labute approximate surface area is 102 Å². The van der Waals surface area contributed by atoms with Crippen LogP contribution in [-0.4, -0.2) is 11.9 Å². The maximum Gasteiger partial charge on any atom is 0.223 e. The summed E-state index contributed by atoms with van der Waals surface area (Å²) in [7, 11) is 0. The van der Waals surface area contributed by atoms with Crippen LogP contribution in [0.3, 0.4) is 0 Å². The number of nitrogens with one attached hydrogen (secondary N) is 1. The fraction of sp³-hybridized carbons (Fsp3) is 0.500. The Balaban J connectivity index is 2.13. The number of primary amides is 1. The molecule has 2 bridgehead atoms. The van der Waals surface area contributed by atoms with Crippen LogP contribution in [-0.2, 0) is 4.79 Å². The Morgan fingerprint density at radius 3 is 2.71 bits per heavy atom. The van der Waals surface area contributed by atoms with E-state index in [-0.39, 0.29) is 17.9 Å². The van der Waals surface area contributed by atoms with E-state index in [0.717, 1.165) is 17.7 Å². The van der Waals surface area contributed by atoms with E-state index in [1.807, 2.05) is 19.9 Å². The maximum atomic E-state index is 11.5. The van der Waals surface area contributed by atoms with Gasteiger partial charge in [0.05, 0.1) is 5.92 Å². The van der Waals surface area contributed by atoms with E-state index >= 15 is 0 Å². The number of nitrogens with two attached hydrogens (primary N) is 1. The van der Waals surface area contributed by atoms with Crippen molar-refractivity contribution in [2.24, 2.45) is 23.5 Å². The molecule has 4 atom stereocenters. The van der Waals surface area contributed by atoms with Gasteiger partial charge in [-0.15, -0.1) is 0 Å². The van der Waals surface area contributed by atoms with Gasteiger partial charge in [0.1, 0.15) is 0 Å². The van der Waals surface area contributed by atoms with Crippen LogP contribution in [0.25, 0.3) is 0 Å². The first-order valence-electron chi connectivity index (χ1n) is 6.11. The van der Waals surface area contributed by atoms with E-state index in [9.17, 15) is 4.79 Å². The van der Waals surface area contributed by atoms with E-state index in [1.54, 1.807) is 0 Å². The minimum atomic E-state index is -0.203. The molecule has 1 amide bonds. The summed E-state index contributed by atoms with van der Waals surface area (Å²) >= 11 is 0. The first-order valence-corrected chi connectivity index (χ1v) is 6.11. The van der Waals surface area contributed by atoms with Gasteiger partial charge in [-0.05, 0) is 37.7 Å². The van der Waals surface area contributed by atoms with Gasteiger partial charge >= 0.3 is 0 Å². The Kier molecular flexibility index (Phi) is 3.09. The predicted octanol–water partition coefficient (Wildman–Crippen LogP) is 1.73. The van der Waals surface area contributed by atoms with Crippen LogP contribution < -0.4 is 11.1 Å². The second-order valence-electron chi connectivity index (χ2n) is 5.00. The summed E-state index contributed by atoms with van der Waals surface area (Å²) in [4.78, 5) is 11.5. The molecule has 0 aliphatic heterocycles. The fourth-order valence-corrected chi connectivity index (χ4v) is 2.90. The third kappa shape index (κ3) is 2.02. The molecule has 0 aromatic rings. The summed E-state index contributed by atoms with van der Waals surface area (Å²) in [5, 5.41) is 3.38. The lowest BCUT2D eigenvalue weighted by Gasteiger charge is -2.28. The van der Waals surface area contributed by atoms with Crippen molar-refractivity contribution in [3.8, 4) is 0 Å². The van der Waals surface area contributed by atoms with E-state index in [4.69, 9.17) is 5.73 Å². The summed E-state index contributed by atoms with van der Waals surface area (Å²) in [6.07, 6.45) is 7.37. The molecule has 0 radical (unpaired) electrons. The highest BCUT2D eigenvalue weighted by atomic mass is 16.1. The molecular formula is C14H20N2O. The van der Waals surface area contributed by atoms with Crippen LogP contribution in [0.1, 0.15) is 20.3 Å². The minimum absolute atomic E-state index is 0.0913. The third-order valence-corrected chi connectivity index (χ3v) is 4.04. The Hall–Kier alpha value is -1.51. The zero-order chi connectivity index (χ0) is 12.6. The number of rotatable bonds is 4. The largest absolute Gasteiger partial charge is 0.381 e. The zero-order valence-corrected chi connectivity index (χ0v) is 10.4. The molecule has 2 aliphatic carbocycles. The van der Waals surface area contributed by atoms with Crippen molar-refractivity contribution in [1.82, 2.24) is 5.32 Å². The van der Waals surface area contributed by atoms with E-state index in [0.29, 0.717) is 11.8 Å². The molecule has 3 heteroatoms. The van der Waals surface area contributed by atoms with Gasteiger partial charge in [-0.1, -0.05) is 24.8 Å². The van der Waals surface area contributed by atoms with Crippen LogP contribution in [0, 0.1) is 17.8 Å². The Bertz CT molecular complexity index is 408. The SMILES string of the molecule is C=C(N[C@H]1[C@H](C(N)=O)[C@@H]2C=C[C@H]1C2)/C(C)=C\C. The lowest BCUT2D eigenvalue weighted by atomic mass is 9.88. The van der Waals surface area contributed by atoms with Gasteiger partial charge in [-0.3, -0.25) is 4.79 Å². The number of carbonyl (C=O) groups excluding carboxylic acids is 1. The second kappa shape index (κ2) is 4.40. The van der Waals surface area contributed by atoms with Gasteiger partial charge in [0.15, 0.2) is 0 Å². The predicted molar refractivity (Wildman–Crippen MR) is 68.9 cm³/mol. The molecule has 2 rings (SSSR count). The summed E-state index contributed by atoms with van der Waals surface area (Å²) in [6, 6.07) is 0.116. The number of hydrogen-bond acceptors (Lipinski definition) is 2. The lowest BCUT2D eigenvalue weighted by Crippen LogP contribution is -2.44. The van der Waals surface area contributed by atoms with Gasteiger partial charge < -0.3 is 11.1 Å². The molecule has 0 heterocycles. The fourth-order valence-electron chi connectivity index (χ4n) is 2.90. The molecule has 1 saturated carbocycles. The number of fused-ring (bicyclic) bond motifs is 2. The number of carbonyl (C=O) groups is 1. The van der Waals surface area contributed by atoms with Gasteiger partial charge in [-0.2, -0.15) is 0 Å². The maximum absolute atomic E-state index is 11.5. The van der Waals surface area contributed by atoms with Crippen molar-refractivity contribution in [3.63, 3.8) is 0 Å². The second-order valence-corrected chi connectivity index (χ2v) is 5.00. The summed E-state index contributed by atoms with van der Waals surface area (Å²) in [5.41, 5.74) is 7.51. The molecule has 1 fully saturated rings. The van der Waals surface area contributed by atoms with Crippen molar-refractivity contribution in [1.29, 1.82) is 0 Å². The Morgan fingerprint density at radius 1 is 1.47 bits per heavy atom. The smallest absolute Gasteiger partial charge is 0.223 e. The van der Waals surface area contributed by atoms with Gasteiger partial charge in [-0.25, -0.2) is 0 Å². The van der Waals surface area contributed by atoms with Gasteiger partial charge in [0.2, 0.25) is 5.91 Å². The summed E-state index contributed by atoms with van der Waals surface area (Å²) in [6.45, 7) is 8.00. The molecule has 17 heavy (non-hydrogen) atoms. The van der Waals surface area contributed by atoms with Crippen LogP contribution in [0.4, 0.5) is 0 Å². The van der Waals surface area contributed by atoms with Crippen molar-refractivity contribution in [3.05, 3.63) is 36.1 Å². The first kappa shape index (κ1) is 12.0. The molecule has 3 nitrogen and oxygen atoms in total. The van der Waals surface area contributed by atoms with Crippen molar-refractivity contribution in [2.45, 2.75) is 26.3 Å². The number of hydrogen-bond donors (Lipinski definition) is 2. The third-order valence-electron chi connectivity index (χ3n) is 4.04. The molecule has 0 aromatic heterocycles. The molecule has 0 unspecified atom stereocenters. The van der Waals surface area contributed by atoms with E-state index in [1.165, 1.54) is 0 Å². The molecule has 0 saturated heterocycles. The average Bonchev–Trinajstić information content (AvgIpc) is 2.87. The molecule has 0 spiro atoms. The summed E-state index contributed by atoms with van der Waals surface area (Å²) in [5.74, 6) is 0.435. The van der Waals surface area contributed by atoms with E-state index < -0.39 is 0 Å².